The molecule has 0 bridgehead atoms. The van der Waals surface area contributed by atoms with Crippen LogP contribution in [0.3, 0.4) is 0 Å². The highest BCUT2D eigenvalue weighted by atomic mass is 16.6. The lowest BCUT2D eigenvalue weighted by molar-refractivity contribution is -0.384. The van der Waals surface area contributed by atoms with Crippen molar-refractivity contribution < 1.29 is 4.92 Å². The first-order chi connectivity index (χ1) is 10.2. The van der Waals surface area contributed by atoms with Gasteiger partial charge in [0.05, 0.1) is 10.4 Å². The van der Waals surface area contributed by atoms with Crippen LogP contribution in [0, 0.1) is 10.1 Å². The maximum absolute atomic E-state index is 10.7. The Hall–Kier alpha value is -3.09. The monoisotopic (exact) mass is 281 g/mol. The second-order valence-electron chi connectivity index (χ2n) is 4.40. The van der Waals surface area contributed by atoms with Crippen molar-refractivity contribution in [2.24, 2.45) is 0 Å². The van der Waals surface area contributed by atoms with E-state index in [4.69, 9.17) is 0 Å². The fourth-order valence-electron chi connectivity index (χ4n) is 1.92. The standard InChI is InChI=1S/C14H11N5O2/c20-19(21)11-5-3-4-10(8-11)9-15-14-16-12-6-1-2-7-13(12)17-18-14/h1-8H,9H2,(H,15,16,18). The van der Waals surface area contributed by atoms with Crippen molar-refractivity contribution in [2.45, 2.75) is 6.54 Å². The largest absolute Gasteiger partial charge is 0.349 e. The Morgan fingerprint density at radius 2 is 1.86 bits per heavy atom. The van der Waals surface area contributed by atoms with E-state index in [1.165, 1.54) is 12.1 Å². The minimum Gasteiger partial charge on any atom is -0.349 e. The molecule has 1 N–H and O–H groups in total. The molecule has 0 atom stereocenters. The van der Waals surface area contributed by atoms with Crippen LogP contribution < -0.4 is 5.32 Å². The van der Waals surface area contributed by atoms with Gasteiger partial charge >= 0.3 is 0 Å². The quantitative estimate of drug-likeness (QED) is 0.583. The SMILES string of the molecule is O=[N+]([O-])c1cccc(CNc2nnc3ccccc3n2)c1. The van der Waals surface area contributed by atoms with E-state index in [9.17, 15) is 10.1 Å². The summed E-state index contributed by atoms with van der Waals surface area (Å²) in [6.45, 7) is 0.391. The van der Waals surface area contributed by atoms with E-state index in [0.717, 1.165) is 16.6 Å². The molecule has 0 saturated carbocycles. The smallest absolute Gasteiger partial charge is 0.269 e. The molecule has 0 fully saturated rings. The Bertz CT molecular complexity index is 806. The van der Waals surface area contributed by atoms with Crippen LogP contribution in [0.2, 0.25) is 0 Å². The van der Waals surface area contributed by atoms with E-state index in [2.05, 4.69) is 20.5 Å². The van der Waals surface area contributed by atoms with Gasteiger partial charge < -0.3 is 5.32 Å². The minimum atomic E-state index is -0.419. The Balaban J connectivity index is 1.77. The molecule has 21 heavy (non-hydrogen) atoms. The fraction of sp³-hybridized carbons (Fsp3) is 0.0714. The lowest BCUT2D eigenvalue weighted by Gasteiger charge is -2.05. The summed E-state index contributed by atoms with van der Waals surface area (Å²) in [4.78, 5) is 14.6. The van der Waals surface area contributed by atoms with E-state index in [-0.39, 0.29) is 5.69 Å². The molecular weight excluding hydrogens is 270 g/mol. The topological polar surface area (TPSA) is 93.8 Å². The van der Waals surface area contributed by atoms with Crippen LogP contribution in [0.1, 0.15) is 5.56 Å². The number of non-ortho nitro benzene ring substituents is 1. The fourth-order valence-corrected chi connectivity index (χ4v) is 1.92. The first-order valence-electron chi connectivity index (χ1n) is 6.29. The van der Waals surface area contributed by atoms with E-state index in [1.54, 1.807) is 12.1 Å². The van der Waals surface area contributed by atoms with Gasteiger partial charge in [0.2, 0.25) is 5.95 Å². The highest BCUT2D eigenvalue weighted by Gasteiger charge is 2.06. The summed E-state index contributed by atoms with van der Waals surface area (Å²) < 4.78 is 0. The molecule has 0 amide bonds. The number of hydrogen-bond acceptors (Lipinski definition) is 6. The van der Waals surface area contributed by atoms with Crippen molar-refractivity contribution in [1.29, 1.82) is 0 Å². The second kappa shape index (κ2) is 5.49. The van der Waals surface area contributed by atoms with E-state index >= 15 is 0 Å². The summed E-state index contributed by atoms with van der Waals surface area (Å²) in [6, 6.07) is 13.8. The van der Waals surface area contributed by atoms with Gasteiger partial charge in [-0.1, -0.05) is 24.3 Å². The van der Waals surface area contributed by atoms with E-state index < -0.39 is 4.92 Å². The molecule has 0 spiro atoms. The third-order valence-corrected chi connectivity index (χ3v) is 2.93. The van der Waals surface area contributed by atoms with Gasteiger partial charge in [0, 0.05) is 18.7 Å². The first-order valence-corrected chi connectivity index (χ1v) is 6.29. The van der Waals surface area contributed by atoms with E-state index in [0.29, 0.717) is 12.5 Å². The number of nitro groups is 1. The molecule has 2 aromatic carbocycles. The van der Waals surface area contributed by atoms with Gasteiger partial charge in [0.1, 0.15) is 5.52 Å². The van der Waals surface area contributed by atoms with Gasteiger partial charge in [-0.15, -0.1) is 10.2 Å². The van der Waals surface area contributed by atoms with Crippen molar-refractivity contribution in [1.82, 2.24) is 15.2 Å². The number of nitro benzene ring substituents is 1. The van der Waals surface area contributed by atoms with Crippen LogP contribution in [0.25, 0.3) is 11.0 Å². The minimum absolute atomic E-state index is 0.0619. The Kier molecular flexibility index (Phi) is 3.38. The average Bonchev–Trinajstić information content (AvgIpc) is 2.53. The molecule has 0 radical (unpaired) electrons. The number of nitrogens with zero attached hydrogens (tertiary/aromatic N) is 4. The zero-order chi connectivity index (χ0) is 14.7. The van der Waals surface area contributed by atoms with Crippen LogP contribution in [-0.2, 0) is 6.54 Å². The molecule has 0 aliphatic heterocycles. The van der Waals surface area contributed by atoms with Crippen LogP contribution in [0.5, 0.6) is 0 Å². The summed E-state index contributed by atoms with van der Waals surface area (Å²) in [6.07, 6.45) is 0. The van der Waals surface area contributed by atoms with Crippen molar-refractivity contribution in [3.63, 3.8) is 0 Å². The van der Waals surface area contributed by atoms with Gasteiger partial charge in [-0.2, -0.15) is 0 Å². The molecule has 104 valence electrons. The maximum Gasteiger partial charge on any atom is 0.269 e. The predicted molar refractivity (Wildman–Crippen MR) is 77.8 cm³/mol. The predicted octanol–water partition coefficient (Wildman–Crippen LogP) is 2.55. The van der Waals surface area contributed by atoms with Crippen molar-refractivity contribution >= 4 is 22.7 Å². The summed E-state index contributed by atoms with van der Waals surface area (Å²) in [5.74, 6) is 0.389. The van der Waals surface area contributed by atoms with Crippen molar-refractivity contribution in [2.75, 3.05) is 5.32 Å². The number of anilines is 1. The van der Waals surface area contributed by atoms with Gasteiger partial charge in [0.25, 0.3) is 5.69 Å². The molecule has 0 aliphatic rings. The molecular formula is C14H11N5O2. The lowest BCUT2D eigenvalue weighted by atomic mass is 10.2. The summed E-state index contributed by atoms with van der Waals surface area (Å²) in [5, 5.41) is 21.8. The summed E-state index contributed by atoms with van der Waals surface area (Å²) in [7, 11) is 0. The molecule has 0 aliphatic carbocycles. The van der Waals surface area contributed by atoms with E-state index in [1.807, 2.05) is 24.3 Å². The number of nitrogens with one attached hydrogen (secondary N) is 1. The highest BCUT2D eigenvalue weighted by Crippen LogP contribution is 2.14. The maximum atomic E-state index is 10.7. The number of para-hydroxylation sites is 1. The van der Waals surface area contributed by atoms with Gasteiger partial charge in [0.15, 0.2) is 0 Å². The molecule has 1 aromatic heterocycles. The second-order valence-corrected chi connectivity index (χ2v) is 4.40. The average molecular weight is 281 g/mol. The van der Waals surface area contributed by atoms with Gasteiger partial charge in [-0.3, -0.25) is 10.1 Å². The molecule has 3 rings (SSSR count). The summed E-state index contributed by atoms with van der Waals surface area (Å²) in [5.41, 5.74) is 2.31. The zero-order valence-electron chi connectivity index (χ0n) is 10.9. The summed E-state index contributed by atoms with van der Waals surface area (Å²) >= 11 is 0. The normalized spacial score (nSPS) is 10.5. The molecule has 0 saturated heterocycles. The lowest BCUT2D eigenvalue weighted by Crippen LogP contribution is -2.05. The van der Waals surface area contributed by atoms with Crippen LogP contribution in [0.15, 0.2) is 48.5 Å². The number of fused-ring (bicyclic) bond motifs is 1. The highest BCUT2D eigenvalue weighted by molar-refractivity contribution is 5.74. The molecule has 7 nitrogen and oxygen atoms in total. The number of aromatic nitrogens is 3. The van der Waals surface area contributed by atoms with Crippen molar-refractivity contribution in [3.05, 3.63) is 64.2 Å². The third-order valence-electron chi connectivity index (χ3n) is 2.93. The molecule has 3 aromatic rings. The Morgan fingerprint density at radius 3 is 2.67 bits per heavy atom. The molecule has 1 heterocycles. The first kappa shape index (κ1) is 12.9. The number of benzene rings is 2. The third kappa shape index (κ3) is 2.92. The Labute approximate surface area is 119 Å². The van der Waals surface area contributed by atoms with Crippen LogP contribution >= 0.6 is 0 Å². The van der Waals surface area contributed by atoms with Gasteiger partial charge in [-0.25, -0.2) is 4.98 Å². The van der Waals surface area contributed by atoms with Crippen LogP contribution in [0.4, 0.5) is 11.6 Å². The molecule has 7 heteroatoms. The molecule has 0 unspecified atom stereocenters. The van der Waals surface area contributed by atoms with Gasteiger partial charge in [-0.05, 0) is 17.7 Å². The Morgan fingerprint density at radius 1 is 1.05 bits per heavy atom. The van der Waals surface area contributed by atoms with Crippen LogP contribution in [-0.4, -0.2) is 20.1 Å². The number of rotatable bonds is 4. The number of hydrogen-bond donors (Lipinski definition) is 1. The van der Waals surface area contributed by atoms with Crippen molar-refractivity contribution in [3.8, 4) is 0 Å². The zero-order valence-corrected chi connectivity index (χ0v) is 10.9.